The maximum absolute atomic E-state index is 5.88. The van der Waals surface area contributed by atoms with Gasteiger partial charge in [0.25, 0.3) is 0 Å². The second kappa shape index (κ2) is 3.07. The highest BCUT2D eigenvalue weighted by Gasteiger charge is 2.08. The molecule has 1 heterocycles. The molecule has 1 aromatic heterocycles. The number of nitrogens with two attached hydrogens (primary N) is 1. The van der Waals surface area contributed by atoms with Gasteiger partial charge in [-0.05, 0) is 34.5 Å². The molecule has 0 amide bonds. The van der Waals surface area contributed by atoms with Crippen LogP contribution >= 0.6 is 15.9 Å². The topological polar surface area (TPSA) is 41.8 Å². The lowest BCUT2D eigenvalue weighted by Crippen LogP contribution is -1.84. The molecule has 3 N–H and O–H groups in total. The monoisotopic (exact) mass is 238 g/mol. The summed E-state index contributed by atoms with van der Waals surface area (Å²) in [6.45, 7) is 2.12. The zero-order valence-electron chi connectivity index (χ0n) is 7.39. The van der Waals surface area contributed by atoms with Crippen LogP contribution in [0.4, 0.5) is 5.69 Å². The minimum absolute atomic E-state index is 0.820. The van der Waals surface area contributed by atoms with Crippen molar-refractivity contribution in [2.24, 2.45) is 0 Å². The van der Waals surface area contributed by atoms with Gasteiger partial charge in [0.1, 0.15) is 0 Å². The lowest BCUT2D eigenvalue weighted by atomic mass is 10.2. The molecular weight excluding hydrogens is 228 g/mol. The molecule has 0 aliphatic carbocycles. The molecular formula is C10H11BrN2. The molecule has 0 aliphatic heterocycles. The number of fused-ring (bicyclic) bond motifs is 1. The fraction of sp³-hybridized carbons (Fsp3) is 0.200. The summed E-state index contributed by atoms with van der Waals surface area (Å²) in [7, 11) is 0. The number of halogens is 1. The maximum atomic E-state index is 5.88. The Labute approximate surface area is 85.3 Å². The number of rotatable bonds is 1. The van der Waals surface area contributed by atoms with Crippen LogP contribution in [0.2, 0.25) is 0 Å². The SMILES string of the molecule is CCc1[nH]c2cccc(N)c2c1Br. The van der Waals surface area contributed by atoms with E-state index in [-0.39, 0.29) is 0 Å². The van der Waals surface area contributed by atoms with E-state index in [1.165, 1.54) is 5.69 Å². The normalized spacial score (nSPS) is 10.9. The minimum Gasteiger partial charge on any atom is -0.398 e. The molecule has 13 heavy (non-hydrogen) atoms. The van der Waals surface area contributed by atoms with E-state index in [4.69, 9.17) is 5.73 Å². The van der Waals surface area contributed by atoms with Gasteiger partial charge in [0.05, 0.1) is 0 Å². The van der Waals surface area contributed by atoms with Crippen LogP contribution in [0.15, 0.2) is 22.7 Å². The Hall–Kier alpha value is -0.960. The summed E-state index contributed by atoms with van der Waals surface area (Å²) in [5.74, 6) is 0. The number of benzene rings is 1. The molecule has 0 bridgehead atoms. The third-order valence-corrected chi connectivity index (χ3v) is 3.10. The van der Waals surface area contributed by atoms with E-state index >= 15 is 0 Å². The maximum Gasteiger partial charge on any atom is 0.0488 e. The Kier molecular flexibility index (Phi) is 2.04. The first-order chi connectivity index (χ1) is 6.24. The van der Waals surface area contributed by atoms with Crippen molar-refractivity contribution >= 4 is 32.5 Å². The number of aromatic nitrogens is 1. The number of aryl methyl sites for hydroxylation is 1. The standard InChI is InChI=1S/C10H11BrN2/c1-2-7-10(11)9-6(12)4-3-5-8(9)13-7/h3-5,13H,2,12H2,1H3. The van der Waals surface area contributed by atoms with Gasteiger partial charge in [-0.3, -0.25) is 0 Å². The van der Waals surface area contributed by atoms with Crippen LogP contribution in [-0.2, 0) is 6.42 Å². The molecule has 0 spiro atoms. The van der Waals surface area contributed by atoms with Gasteiger partial charge < -0.3 is 10.7 Å². The lowest BCUT2D eigenvalue weighted by Gasteiger charge is -1.95. The summed E-state index contributed by atoms with van der Waals surface area (Å²) in [5, 5.41) is 1.10. The van der Waals surface area contributed by atoms with Gasteiger partial charge >= 0.3 is 0 Å². The second-order valence-corrected chi connectivity index (χ2v) is 3.83. The average molecular weight is 239 g/mol. The largest absolute Gasteiger partial charge is 0.398 e. The Bertz CT molecular complexity index is 445. The molecule has 2 rings (SSSR count). The van der Waals surface area contributed by atoms with Crippen LogP contribution in [0.25, 0.3) is 10.9 Å². The lowest BCUT2D eigenvalue weighted by molar-refractivity contribution is 1.06. The fourth-order valence-corrected chi connectivity index (χ4v) is 2.35. The Balaban J connectivity index is 2.85. The molecule has 2 nitrogen and oxygen atoms in total. The fourth-order valence-electron chi connectivity index (χ4n) is 1.53. The summed E-state index contributed by atoms with van der Waals surface area (Å²) in [6, 6.07) is 5.91. The average Bonchev–Trinajstić information content (AvgIpc) is 2.44. The molecule has 0 aliphatic rings. The van der Waals surface area contributed by atoms with Crippen LogP contribution in [0.3, 0.4) is 0 Å². The summed E-state index contributed by atoms with van der Waals surface area (Å²) in [5.41, 5.74) is 9.00. The first-order valence-corrected chi connectivity index (χ1v) is 5.08. The third-order valence-electron chi connectivity index (χ3n) is 2.22. The molecule has 0 unspecified atom stereocenters. The highest BCUT2D eigenvalue weighted by Crippen LogP contribution is 2.32. The zero-order valence-corrected chi connectivity index (χ0v) is 8.98. The second-order valence-electron chi connectivity index (χ2n) is 3.04. The highest BCUT2D eigenvalue weighted by molar-refractivity contribution is 9.10. The number of aromatic amines is 1. The molecule has 0 radical (unpaired) electrons. The quantitative estimate of drug-likeness (QED) is 0.737. The van der Waals surface area contributed by atoms with Crippen molar-refractivity contribution in [1.29, 1.82) is 0 Å². The Morgan fingerprint density at radius 2 is 2.23 bits per heavy atom. The summed E-state index contributed by atoms with van der Waals surface area (Å²) in [4.78, 5) is 3.33. The summed E-state index contributed by atoms with van der Waals surface area (Å²) < 4.78 is 1.10. The molecule has 0 atom stereocenters. The summed E-state index contributed by atoms with van der Waals surface area (Å²) >= 11 is 3.55. The van der Waals surface area contributed by atoms with E-state index in [0.29, 0.717) is 0 Å². The van der Waals surface area contributed by atoms with Crippen molar-refractivity contribution in [3.63, 3.8) is 0 Å². The van der Waals surface area contributed by atoms with Crippen molar-refractivity contribution in [3.05, 3.63) is 28.4 Å². The van der Waals surface area contributed by atoms with Crippen LogP contribution in [0, 0.1) is 0 Å². The molecule has 0 fully saturated rings. The number of anilines is 1. The van der Waals surface area contributed by atoms with Gasteiger partial charge in [0, 0.05) is 26.8 Å². The smallest absolute Gasteiger partial charge is 0.0488 e. The van der Waals surface area contributed by atoms with Crippen LogP contribution in [-0.4, -0.2) is 4.98 Å². The number of hydrogen-bond acceptors (Lipinski definition) is 1. The Morgan fingerprint density at radius 1 is 1.46 bits per heavy atom. The van der Waals surface area contributed by atoms with Crippen LogP contribution in [0.5, 0.6) is 0 Å². The van der Waals surface area contributed by atoms with Crippen LogP contribution < -0.4 is 5.73 Å². The minimum atomic E-state index is 0.820. The highest BCUT2D eigenvalue weighted by atomic mass is 79.9. The van der Waals surface area contributed by atoms with Gasteiger partial charge in [0.2, 0.25) is 0 Å². The molecule has 3 heteroatoms. The van der Waals surface area contributed by atoms with E-state index in [9.17, 15) is 0 Å². The number of nitrogen functional groups attached to an aromatic ring is 1. The third kappa shape index (κ3) is 1.23. The van der Waals surface area contributed by atoms with E-state index in [1.54, 1.807) is 0 Å². The predicted octanol–water partition coefficient (Wildman–Crippen LogP) is 3.08. The van der Waals surface area contributed by atoms with E-state index < -0.39 is 0 Å². The van der Waals surface area contributed by atoms with Crippen LogP contribution in [0.1, 0.15) is 12.6 Å². The van der Waals surface area contributed by atoms with Crippen molar-refractivity contribution in [2.75, 3.05) is 5.73 Å². The summed E-state index contributed by atoms with van der Waals surface area (Å²) in [6.07, 6.45) is 0.981. The first kappa shape index (κ1) is 8.63. The van der Waals surface area contributed by atoms with Gasteiger partial charge in [-0.1, -0.05) is 13.0 Å². The first-order valence-electron chi connectivity index (χ1n) is 4.28. The molecule has 0 saturated heterocycles. The van der Waals surface area contributed by atoms with Crippen molar-refractivity contribution in [1.82, 2.24) is 4.98 Å². The molecule has 2 aromatic rings. The van der Waals surface area contributed by atoms with Gasteiger partial charge in [-0.2, -0.15) is 0 Å². The molecule has 68 valence electrons. The predicted molar refractivity (Wildman–Crippen MR) is 59.8 cm³/mol. The van der Waals surface area contributed by atoms with Crippen molar-refractivity contribution in [2.45, 2.75) is 13.3 Å². The zero-order chi connectivity index (χ0) is 9.42. The number of H-pyrrole nitrogens is 1. The van der Waals surface area contributed by atoms with Crippen molar-refractivity contribution < 1.29 is 0 Å². The van der Waals surface area contributed by atoms with E-state index in [0.717, 1.165) is 27.5 Å². The van der Waals surface area contributed by atoms with E-state index in [1.807, 2.05) is 18.2 Å². The van der Waals surface area contributed by atoms with Crippen molar-refractivity contribution in [3.8, 4) is 0 Å². The number of hydrogen-bond donors (Lipinski definition) is 2. The van der Waals surface area contributed by atoms with Gasteiger partial charge in [0.15, 0.2) is 0 Å². The number of nitrogens with one attached hydrogen (secondary N) is 1. The van der Waals surface area contributed by atoms with Gasteiger partial charge in [-0.25, -0.2) is 0 Å². The van der Waals surface area contributed by atoms with E-state index in [2.05, 4.69) is 27.8 Å². The van der Waals surface area contributed by atoms with Gasteiger partial charge in [-0.15, -0.1) is 0 Å². The Morgan fingerprint density at radius 3 is 2.85 bits per heavy atom. The molecule has 1 aromatic carbocycles. The molecule has 0 saturated carbocycles.